The first kappa shape index (κ1) is 15.9. The largest absolute Gasteiger partial charge is 0.473 e. The van der Waals surface area contributed by atoms with E-state index in [-0.39, 0.29) is 48.6 Å². The summed E-state index contributed by atoms with van der Waals surface area (Å²) in [6, 6.07) is 6.29. The fourth-order valence-electron chi connectivity index (χ4n) is 2.31. The molecular formula is C20H23BrN6O4S. The molecule has 1 aromatic carbocycles. The predicted molar refractivity (Wildman–Crippen MR) is 124 cm³/mol. The van der Waals surface area contributed by atoms with Gasteiger partial charge in [-0.05, 0) is 36.6 Å². The van der Waals surface area contributed by atoms with Crippen LogP contribution in [0.1, 0.15) is 28.5 Å². The van der Waals surface area contributed by atoms with Crippen LogP contribution in [0.2, 0.25) is 0 Å². The number of aromatic nitrogens is 4. The lowest BCUT2D eigenvalue weighted by Crippen LogP contribution is -2.31. The number of anilines is 1. The topological polar surface area (TPSA) is 128 Å². The molecule has 0 unspecified atom stereocenters. The van der Waals surface area contributed by atoms with Crippen LogP contribution in [0.4, 0.5) is 5.82 Å². The van der Waals surface area contributed by atoms with Gasteiger partial charge in [-0.2, -0.15) is 13.1 Å². The number of hydrogen-bond acceptors (Lipinski definition) is 8. The highest BCUT2D eigenvalue weighted by Gasteiger charge is 2.19. The van der Waals surface area contributed by atoms with Gasteiger partial charge in [0.25, 0.3) is 10.2 Å². The summed E-state index contributed by atoms with van der Waals surface area (Å²) in [6.45, 7) is -0.933. The lowest BCUT2D eigenvalue weighted by Gasteiger charge is -2.15. The van der Waals surface area contributed by atoms with Crippen molar-refractivity contribution < 1.29 is 27.5 Å². The van der Waals surface area contributed by atoms with Gasteiger partial charge in [0, 0.05) is 28.8 Å². The van der Waals surface area contributed by atoms with E-state index in [1.54, 1.807) is 29.0 Å². The lowest BCUT2D eigenvalue weighted by atomic mass is 10.1. The average Bonchev–Trinajstić information content (AvgIpc) is 2.79. The van der Waals surface area contributed by atoms with Crippen LogP contribution in [-0.4, -0.2) is 48.1 Å². The van der Waals surface area contributed by atoms with Gasteiger partial charge in [-0.15, -0.1) is 0 Å². The quantitative estimate of drug-likeness (QED) is 0.362. The summed E-state index contributed by atoms with van der Waals surface area (Å²) in [7, 11) is -4.75. The average molecular weight is 530 g/mol. The van der Waals surface area contributed by atoms with E-state index >= 15 is 0 Å². The van der Waals surface area contributed by atoms with Gasteiger partial charge < -0.3 is 9.47 Å². The molecule has 0 aliphatic rings. The Balaban J connectivity index is 1.91. The summed E-state index contributed by atoms with van der Waals surface area (Å²) in [6.07, 6.45) is -3.52. The van der Waals surface area contributed by atoms with Crippen molar-refractivity contribution in [3.05, 3.63) is 53.0 Å². The zero-order chi connectivity index (χ0) is 29.2. The third-order valence-electron chi connectivity index (χ3n) is 3.63. The van der Waals surface area contributed by atoms with Gasteiger partial charge in [-0.25, -0.2) is 19.9 Å². The zero-order valence-electron chi connectivity index (χ0n) is 23.9. The number of halogens is 1. The molecule has 10 nitrogen and oxygen atoms in total. The number of nitrogens with one attached hydrogen (secondary N) is 2. The highest BCUT2D eigenvalue weighted by Crippen LogP contribution is 2.34. The van der Waals surface area contributed by atoms with Crippen molar-refractivity contribution >= 4 is 32.0 Å². The number of benzene rings is 1. The van der Waals surface area contributed by atoms with Crippen molar-refractivity contribution in [1.29, 1.82) is 0 Å². The highest BCUT2D eigenvalue weighted by molar-refractivity contribution is 9.10. The molecule has 0 spiro atoms. The number of ether oxygens (including phenoxy) is 2. The monoisotopic (exact) mass is 529 g/mol. The number of hydrogen-bond donors (Lipinski definition) is 2. The van der Waals surface area contributed by atoms with Gasteiger partial charge in [0.2, 0.25) is 5.88 Å². The molecular weight excluding hydrogens is 500 g/mol. The predicted octanol–water partition coefficient (Wildman–Crippen LogP) is 3.12. The molecule has 0 saturated heterocycles. The van der Waals surface area contributed by atoms with E-state index in [2.05, 4.69) is 35.9 Å². The van der Waals surface area contributed by atoms with Gasteiger partial charge in [-0.3, -0.25) is 4.72 Å². The van der Waals surface area contributed by atoms with Crippen LogP contribution in [0.5, 0.6) is 11.9 Å². The van der Waals surface area contributed by atoms with Crippen LogP contribution in [0.15, 0.2) is 47.4 Å². The molecule has 170 valence electrons. The van der Waals surface area contributed by atoms with Gasteiger partial charge in [0.05, 0.1) is 8.30 Å². The maximum atomic E-state index is 12.8. The number of nitrogens with zero attached hydrogens (tertiary/aromatic N) is 4. The van der Waals surface area contributed by atoms with Gasteiger partial charge in [0.15, 0.2) is 5.82 Å². The third-order valence-corrected chi connectivity index (χ3v) is 4.99. The summed E-state index contributed by atoms with van der Waals surface area (Å²) in [5.41, 5.74) is 0.673. The van der Waals surface area contributed by atoms with Crippen molar-refractivity contribution in [3.8, 4) is 23.0 Å². The molecule has 0 aliphatic heterocycles. The third kappa shape index (κ3) is 6.84. The van der Waals surface area contributed by atoms with Gasteiger partial charge in [0.1, 0.15) is 20.9 Å². The first-order chi connectivity index (χ1) is 18.0. The van der Waals surface area contributed by atoms with E-state index in [0.29, 0.717) is 10.0 Å². The fourth-order valence-corrected chi connectivity index (χ4v) is 3.26. The standard InChI is InChI=1S/C20H23BrN6O4S/c1-3-8-26-32(28,29)27-18-17(15-4-6-16(21)7-5-15)19(25-13-24-18)30-9-10-31-20-22-11-14(2)12-23-20/h4-7,11-13,26H,3,8-10H2,1-2H3,(H,24,25,27)/i3D2,8D2,11D,12D,13D. The minimum Gasteiger partial charge on any atom is -0.473 e. The summed E-state index contributed by atoms with van der Waals surface area (Å²) >= 11 is 3.31. The molecule has 32 heavy (non-hydrogen) atoms. The molecule has 0 atom stereocenters. The Bertz CT molecular complexity index is 1440. The summed E-state index contributed by atoms with van der Waals surface area (Å²) in [4.78, 5) is 15.4. The van der Waals surface area contributed by atoms with Gasteiger partial charge in [-0.1, -0.05) is 35.0 Å². The Morgan fingerprint density at radius 2 is 1.78 bits per heavy atom. The highest BCUT2D eigenvalue weighted by atomic mass is 79.9. The van der Waals surface area contributed by atoms with E-state index in [9.17, 15) is 8.42 Å². The minimum absolute atomic E-state index is 0.0115. The van der Waals surface area contributed by atoms with Crippen molar-refractivity contribution in [2.24, 2.45) is 0 Å². The Hall–Kier alpha value is -2.83. The molecule has 0 amide bonds. The first-order valence-corrected chi connectivity index (χ1v) is 11.3. The second kappa shape index (κ2) is 11.2. The van der Waals surface area contributed by atoms with E-state index in [1.165, 1.54) is 6.92 Å². The molecule has 12 heteroatoms. The smallest absolute Gasteiger partial charge is 0.316 e. The van der Waals surface area contributed by atoms with Crippen LogP contribution in [-0.2, 0) is 10.2 Å². The zero-order valence-corrected chi connectivity index (χ0v) is 19.3. The molecule has 0 fully saturated rings. The Kier molecular flexibility index (Phi) is 5.54. The van der Waals surface area contributed by atoms with E-state index in [4.69, 9.17) is 19.1 Å². The van der Waals surface area contributed by atoms with Crippen molar-refractivity contribution in [2.75, 3.05) is 24.4 Å². The van der Waals surface area contributed by atoms with Gasteiger partial charge >= 0.3 is 6.01 Å². The normalized spacial score (nSPS) is 15.3. The molecule has 2 aromatic heterocycles. The molecule has 2 N–H and O–H groups in total. The second-order valence-electron chi connectivity index (χ2n) is 5.99. The van der Waals surface area contributed by atoms with E-state index in [1.807, 2.05) is 4.72 Å². The molecule has 2 heterocycles. The Labute approximate surface area is 205 Å². The van der Waals surface area contributed by atoms with Crippen LogP contribution in [0, 0.1) is 6.92 Å². The minimum atomic E-state index is -4.75. The molecule has 0 aliphatic carbocycles. The van der Waals surface area contributed by atoms with Crippen molar-refractivity contribution in [1.82, 2.24) is 24.7 Å². The number of rotatable bonds is 11. The summed E-state index contributed by atoms with van der Waals surface area (Å²) in [5.74, 6) is -0.632. The SMILES string of the molecule is [2H]c1nc(NS(=O)(=O)NC([2H])([2H])C([2H])([2H])C)c(-c2ccc(Br)cc2)c(OCCOc2nc([2H])c(C)c([2H])n2)n1. The van der Waals surface area contributed by atoms with Crippen LogP contribution in [0.3, 0.4) is 0 Å². The lowest BCUT2D eigenvalue weighted by molar-refractivity contribution is 0.202. The maximum absolute atomic E-state index is 12.8. The molecule has 0 saturated carbocycles. The maximum Gasteiger partial charge on any atom is 0.316 e. The fraction of sp³-hybridized carbons (Fsp3) is 0.300. The van der Waals surface area contributed by atoms with Crippen molar-refractivity contribution in [3.63, 3.8) is 0 Å². The Morgan fingerprint density at radius 1 is 1.09 bits per heavy atom. The second-order valence-corrected chi connectivity index (χ2v) is 8.32. The van der Waals surface area contributed by atoms with E-state index < -0.39 is 35.2 Å². The van der Waals surface area contributed by atoms with Crippen molar-refractivity contribution in [2.45, 2.75) is 20.2 Å². The summed E-state index contributed by atoms with van der Waals surface area (Å²) in [5, 5.41) is 0. The molecule has 0 radical (unpaired) electrons. The van der Waals surface area contributed by atoms with Crippen LogP contribution >= 0.6 is 15.9 Å². The molecule has 3 rings (SSSR count). The van der Waals surface area contributed by atoms with E-state index in [0.717, 1.165) is 6.92 Å². The molecule has 3 aromatic rings. The summed E-state index contributed by atoms with van der Waals surface area (Å²) < 4.78 is 95.0. The molecule has 0 bridgehead atoms. The Morgan fingerprint density at radius 3 is 2.47 bits per heavy atom. The van der Waals surface area contributed by atoms with Crippen LogP contribution < -0.4 is 18.9 Å². The first-order valence-electron chi connectivity index (χ1n) is 12.5. The van der Waals surface area contributed by atoms with Crippen LogP contribution in [0.25, 0.3) is 11.1 Å².